The van der Waals surface area contributed by atoms with Crippen LogP contribution in [0, 0.1) is 5.41 Å². The SMILES string of the molecule is CC(C)(CCl)C(=O)N1CCS(=O)CC1. The van der Waals surface area contributed by atoms with Crippen LogP contribution in [0.4, 0.5) is 0 Å². The van der Waals surface area contributed by atoms with Crippen LogP contribution in [0.1, 0.15) is 13.8 Å². The van der Waals surface area contributed by atoms with Crippen molar-refractivity contribution in [2.24, 2.45) is 5.41 Å². The maximum Gasteiger partial charge on any atom is 0.229 e. The first-order chi connectivity index (χ1) is 6.47. The summed E-state index contributed by atoms with van der Waals surface area (Å²) in [5.74, 6) is 1.60. The lowest BCUT2D eigenvalue weighted by atomic mass is 9.94. The first kappa shape index (κ1) is 12.0. The number of carbonyl (C=O) groups excluding carboxylic acids is 1. The van der Waals surface area contributed by atoms with Crippen LogP contribution in [0.5, 0.6) is 0 Å². The average molecular weight is 238 g/mol. The van der Waals surface area contributed by atoms with Gasteiger partial charge in [0.25, 0.3) is 0 Å². The fourth-order valence-electron chi connectivity index (χ4n) is 1.33. The zero-order valence-corrected chi connectivity index (χ0v) is 10.2. The summed E-state index contributed by atoms with van der Waals surface area (Å²) < 4.78 is 11.1. The third kappa shape index (κ3) is 2.70. The van der Waals surface area contributed by atoms with E-state index in [4.69, 9.17) is 11.6 Å². The average Bonchev–Trinajstić information content (AvgIpc) is 2.18. The van der Waals surface area contributed by atoms with Crippen molar-refractivity contribution in [2.45, 2.75) is 13.8 Å². The van der Waals surface area contributed by atoms with Crippen molar-refractivity contribution in [3.8, 4) is 0 Å². The first-order valence-electron chi connectivity index (χ1n) is 4.68. The summed E-state index contributed by atoms with van der Waals surface area (Å²) in [6.07, 6.45) is 0. The molecule has 3 nitrogen and oxygen atoms in total. The van der Waals surface area contributed by atoms with Gasteiger partial charge in [0.15, 0.2) is 0 Å². The fraction of sp³-hybridized carbons (Fsp3) is 0.889. The number of carbonyl (C=O) groups is 1. The van der Waals surface area contributed by atoms with E-state index in [-0.39, 0.29) is 5.91 Å². The van der Waals surface area contributed by atoms with Gasteiger partial charge in [-0.05, 0) is 13.8 Å². The Balaban J connectivity index is 2.58. The molecule has 1 aliphatic rings. The van der Waals surface area contributed by atoms with Gasteiger partial charge in [0.1, 0.15) is 0 Å². The lowest BCUT2D eigenvalue weighted by Crippen LogP contribution is -2.48. The molecule has 0 saturated carbocycles. The molecular formula is C9H16ClNO2S. The molecule has 1 fully saturated rings. The van der Waals surface area contributed by atoms with Crippen molar-refractivity contribution in [1.29, 1.82) is 0 Å². The fourth-order valence-corrected chi connectivity index (χ4v) is 2.49. The van der Waals surface area contributed by atoms with Gasteiger partial charge in [-0.3, -0.25) is 9.00 Å². The van der Waals surface area contributed by atoms with Crippen molar-refractivity contribution >= 4 is 28.3 Å². The molecule has 0 N–H and O–H groups in total. The lowest BCUT2D eigenvalue weighted by molar-refractivity contribution is -0.138. The predicted octanol–water partition coefficient (Wildman–Crippen LogP) is 0.842. The highest BCUT2D eigenvalue weighted by atomic mass is 35.5. The number of alkyl halides is 1. The molecule has 1 heterocycles. The molecule has 0 aromatic carbocycles. The van der Waals surface area contributed by atoms with E-state index in [1.807, 2.05) is 13.8 Å². The number of nitrogens with zero attached hydrogens (tertiary/aromatic N) is 1. The summed E-state index contributed by atoms with van der Waals surface area (Å²) >= 11 is 5.73. The Kier molecular flexibility index (Phi) is 3.95. The highest BCUT2D eigenvalue weighted by Gasteiger charge is 2.32. The Morgan fingerprint density at radius 3 is 2.36 bits per heavy atom. The monoisotopic (exact) mass is 237 g/mol. The normalized spacial score (nSPS) is 19.8. The van der Waals surface area contributed by atoms with Crippen LogP contribution in [0.15, 0.2) is 0 Å². The van der Waals surface area contributed by atoms with Crippen molar-refractivity contribution in [3.63, 3.8) is 0 Å². The minimum Gasteiger partial charge on any atom is -0.340 e. The largest absolute Gasteiger partial charge is 0.340 e. The summed E-state index contributed by atoms with van der Waals surface area (Å²) in [6, 6.07) is 0. The summed E-state index contributed by atoms with van der Waals surface area (Å²) in [4.78, 5) is 13.7. The molecule has 1 aliphatic heterocycles. The van der Waals surface area contributed by atoms with E-state index < -0.39 is 16.2 Å². The van der Waals surface area contributed by atoms with Gasteiger partial charge in [-0.15, -0.1) is 11.6 Å². The third-order valence-corrected chi connectivity index (χ3v) is 4.32. The van der Waals surface area contributed by atoms with E-state index in [0.717, 1.165) is 0 Å². The standard InChI is InChI=1S/C9H16ClNO2S/c1-9(2,7-10)8(12)11-3-5-14(13)6-4-11/h3-7H2,1-2H3. The molecular weight excluding hydrogens is 222 g/mol. The Labute approximate surface area is 92.3 Å². The second-order valence-electron chi connectivity index (χ2n) is 4.16. The Morgan fingerprint density at radius 2 is 1.93 bits per heavy atom. The summed E-state index contributed by atoms with van der Waals surface area (Å²) in [7, 11) is -0.733. The molecule has 0 bridgehead atoms. The molecule has 5 heteroatoms. The van der Waals surface area contributed by atoms with E-state index in [9.17, 15) is 9.00 Å². The van der Waals surface area contributed by atoms with Gasteiger partial charge in [0.2, 0.25) is 5.91 Å². The van der Waals surface area contributed by atoms with E-state index >= 15 is 0 Å². The van der Waals surface area contributed by atoms with E-state index in [2.05, 4.69) is 0 Å². The van der Waals surface area contributed by atoms with Crippen LogP contribution in [0.25, 0.3) is 0 Å². The number of amides is 1. The highest BCUT2D eigenvalue weighted by molar-refractivity contribution is 7.85. The zero-order chi connectivity index (χ0) is 10.8. The summed E-state index contributed by atoms with van der Waals surface area (Å²) in [6.45, 7) is 4.89. The molecule has 82 valence electrons. The Bertz CT molecular complexity index is 245. The Hall–Kier alpha value is -0.0900. The van der Waals surface area contributed by atoms with Crippen LogP contribution < -0.4 is 0 Å². The zero-order valence-electron chi connectivity index (χ0n) is 8.59. The minimum atomic E-state index is -0.733. The molecule has 1 saturated heterocycles. The van der Waals surface area contributed by atoms with Gasteiger partial charge in [0.05, 0.1) is 5.41 Å². The molecule has 0 aromatic heterocycles. The molecule has 0 spiro atoms. The van der Waals surface area contributed by atoms with E-state index in [0.29, 0.717) is 30.5 Å². The molecule has 0 aromatic rings. The topological polar surface area (TPSA) is 37.4 Å². The molecule has 0 radical (unpaired) electrons. The lowest BCUT2D eigenvalue weighted by Gasteiger charge is -2.32. The number of halogens is 1. The van der Waals surface area contributed by atoms with Gasteiger partial charge in [-0.2, -0.15) is 0 Å². The molecule has 1 amide bonds. The summed E-state index contributed by atoms with van der Waals surface area (Å²) in [5.41, 5.74) is -0.500. The smallest absolute Gasteiger partial charge is 0.229 e. The minimum absolute atomic E-state index is 0.0733. The van der Waals surface area contributed by atoms with Crippen LogP contribution in [0.3, 0.4) is 0 Å². The molecule has 14 heavy (non-hydrogen) atoms. The van der Waals surface area contributed by atoms with Crippen LogP contribution >= 0.6 is 11.6 Å². The predicted molar refractivity (Wildman–Crippen MR) is 59.0 cm³/mol. The number of hydrogen-bond donors (Lipinski definition) is 0. The second-order valence-corrected chi connectivity index (χ2v) is 6.12. The van der Waals surface area contributed by atoms with E-state index in [1.54, 1.807) is 4.90 Å². The van der Waals surface area contributed by atoms with Gasteiger partial charge in [-0.1, -0.05) is 0 Å². The van der Waals surface area contributed by atoms with Gasteiger partial charge < -0.3 is 4.90 Å². The molecule has 1 rings (SSSR count). The van der Waals surface area contributed by atoms with Crippen molar-refractivity contribution in [3.05, 3.63) is 0 Å². The third-order valence-electron chi connectivity index (χ3n) is 2.38. The van der Waals surface area contributed by atoms with Crippen molar-refractivity contribution < 1.29 is 9.00 Å². The quantitative estimate of drug-likeness (QED) is 0.668. The van der Waals surface area contributed by atoms with Gasteiger partial charge >= 0.3 is 0 Å². The maximum absolute atomic E-state index is 11.9. The number of rotatable bonds is 2. The molecule has 0 aliphatic carbocycles. The molecule has 0 atom stereocenters. The van der Waals surface area contributed by atoms with Crippen LogP contribution in [-0.4, -0.2) is 45.5 Å². The summed E-state index contributed by atoms with van der Waals surface area (Å²) in [5, 5.41) is 0. The second kappa shape index (κ2) is 4.62. The first-order valence-corrected chi connectivity index (χ1v) is 6.70. The van der Waals surface area contributed by atoms with Crippen molar-refractivity contribution in [2.75, 3.05) is 30.5 Å². The number of hydrogen-bond acceptors (Lipinski definition) is 2. The Morgan fingerprint density at radius 1 is 1.43 bits per heavy atom. The van der Waals surface area contributed by atoms with Crippen LogP contribution in [-0.2, 0) is 15.6 Å². The van der Waals surface area contributed by atoms with Gasteiger partial charge in [-0.25, -0.2) is 0 Å². The van der Waals surface area contributed by atoms with Crippen LogP contribution in [0.2, 0.25) is 0 Å². The van der Waals surface area contributed by atoms with E-state index in [1.165, 1.54) is 0 Å². The highest BCUT2D eigenvalue weighted by Crippen LogP contribution is 2.21. The van der Waals surface area contributed by atoms with Gasteiger partial charge in [0, 0.05) is 41.3 Å². The maximum atomic E-state index is 11.9. The van der Waals surface area contributed by atoms with Crippen molar-refractivity contribution in [1.82, 2.24) is 4.90 Å². The molecule has 0 unspecified atom stereocenters.